The molecule has 204 valence electrons. The van der Waals surface area contributed by atoms with Crippen LogP contribution in [0.1, 0.15) is 18.1 Å². The van der Waals surface area contributed by atoms with E-state index in [1.54, 1.807) is 29.2 Å². The number of aromatic nitrogens is 2. The van der Waals surface area contributed by atoms with Crippen LogP contribution >= 0.6 is 0 Å². The van der Waals surface area contributed by atoms with E-state index in [-0.39, 0.29) is 17.5 Å². The highest BCUT2D eigenvalue weighted by molar-refractivity contribution is 6.03. The zero-order chi connectivity index (χ0) is 27.6. The van der Waals surface area contributed by atoms with Crippen molar-refractivity contribution < 1.29 is 32.2 Å². The van der Waals surface area contributed by atoms with Gasteiger partial charge in [-0.15, -0.1) is 0 Å². The van der Waals surface area contributed by atoms with Crippen molar-refractivity contribution in [1.82, 2.24) is 9.97 Å². The summed E-state index contributed by atoms with van der Waals surface area (Å²) in [7, 11) is 0. The smallest absolute Gasteiger partial charge is 0.416 e. The van der Waals surface area contributed by atoms with Gasteiger partial charge in [0.1, 0.15) is 17.9 Å². The zero-order valence-corrected chi connectivity index (χ0v) is 20.9. The number of hydrogen-bond donors (Lipinski definition) is 2. The fraction of sp³-hybridized carbons (Fsp3) is 0.308. The molecule has 0 atom stereocenters. The first kappa shape index (κ1) is 26.2. The van der Waals surface area contributed by atoms with Crippen molar-refractivity contribution in [3.05, 3.63) is 59.9 Å². The van der Waals surface area contributed by atoms with Crippen molar-refractivity contribution in [1.29, 1.82) is 0 Å². The summed E-state index contributed by atoms with van der Waals surface area (Å²) in [5.74, 6) is 0.708. The lowest BCUT2D eigenvalue weighted by molar-refractivity contribution is -0.137. The molecule has 3 heterocycles. The Labute approximate surface area is 221 Å². The molecule has 3 aromatic rings. The minimum Gasteiger partial charge on any atom is -0.439 e. The second-order valence-electron chi connectivity index (χ2n) is 9.01. The number of halogens is 3. The van der Waals surface area contributed by atoms with Crippen LogP contribution in [0, 0.1) is 0 Å². The van der Waals surface area contributed by atoms with Gasteiger partial charge in [0.05, 0.1) is 18.8 Å². The van der Waals surface area contributed by atoms with Crippen LogP contribution in [-0.4, -0.2) is 54.8 Å². The Morgan fingerprint density at radius 3 is 2.54 bits per heavy atom. The van der Waals surface area contributed by atoms with Crippen LogP contribution in [0.4, 0.5) is 40.8 Å². The van der Waals surface area contributed by atoms with E-state index in [0.717, 1.165) is 17.7 Å². The standard InChI is InChI=1S/C26H25F3N6O4/c1-16(36)32-23-14-24(31-15-30-23)39-21-2-3-22-17(10-21)4-5-35(22)25(37)33-19-11-18(26(27,28)29)12-20(13-19)34-6-8-38-9-7-34/h2-3,10-15H,4-9H2,1H3,(H,33,37)(H,30,31,32,36). The second-order valence-corrected chi connectivity index (χ2v) is 9.01. The van der Waals surface area contributed by atoms with Gasteiger partial charge in [0.15, 0.2) is 0 Å². The summed E-state index contributed by atoms with van der Waals surface area (Å²) in [6.07, 6.45) is -2.77. The Morgan fingerprint density at radius 1 is 1.00 bits per heavy atom. The van der Waals surface area contributed by atoms with Crippen molar-refractivity contribution in [3.8, 4) is 11.6 Å². The minimum atomic E-state index is -4.56. The minimum absolute atomic E-state index is 0.0588. The SMILES string of the molecule is CC(=O)Nc1cc(Oc2ccc3c(c2)CCN3C(=O)Nc2cc(N3CCOCC3)cc(C(F)(F)F)c2)ncn1. The average molecular weight is 543 g/mol. The van der Waals surface area contributed by atoms with E-state index in [2.05, 4.69) is 20.6 Å². The van der Waals surface area contributed by atoms with Crippen LogP contribution in [0.25, 0.3) is 0 Å². The van der Waals surface area contributed by atoms with Crippen molar-refractivity contribution in [2.24, 2.45) is 0 Å². The summed E-state index contributed by atoms with van der Waals surface area (Å²) >= 11 is 0. The summed E-state index contributed by atoms with van der Waals surface area (Å²) in [4.78, 5) is 35.7. The van der Waals surface area contributed by atoms with E-state index >= 15 is 0 Å². The molecular formula is C26H25F3N6O4. The number of carbonyl (C=O) groups excluding carboxylic acids is 2. The number of morpholine rings is 1. The first-order chi connectivity index (χ1) is 18.7. The Bertz CT molecular complexity index is 1390. The molecule has 2 aromatic carbocycles. The van der Waals surface area contributed by atoms with Crippen LogP contribution in [-0.2, 0) is 22.1 Å². The molecule has 3 amide bonds. The van der Waals surface area contributed by atoms with Gasteiger partial charge < -0.3 is 25.0 Å². The quantitative estimate of drug-likeness (QED) is 0.482. The normalized spacial score (nSPS) is 15.1. The molecule has 0 radical (unpaired) electrons. The van der Waals surface area contributed by atoms with Crippen LogP contribution in [0.3, 0.4) is 0 Å². The number of benzene rings is 2. The van der Waals surface area contributed by atoms with Crippen molar-refractivity contribution >= 4 is 34.8 Å². The third kappa shape index (κ3) is 6.20. The van der Waals surface area contributed by atoms with Gasteiger partial charge in [0, 0.05) is 49.7 Å². The fourth-order valence-corrected chi connectivity index (χ4v) is 4.46. The largest absolute Gasteiger partial charge is 0.439 e. The highest BCUT2D eigenvalue weighted by Crippen LogP contribution is 2.36. The molecule has 1 fully saturated rings. The highest BCUT2D eigenvalue weighted by atomic mass is 19.4. The molecule has 39 heavy (non-hydrogen) atoms. The lowest BCUT2D eigenvalue weighted by atomic mass is 10.1. The number of hydrogen-bond acceptors (Lipinski definition) is 7. The van der Waals surface area contributed by atoms with E-state index in [9.17, 15) is 22.8 Å². The molecule has 0 bridgehead atoms. The predicted octanol–water partition coefficient (Wildman–Crippen LogP) is 4.68. The zero-order valence-electron chi connectivity index (χ0n) is 20.9. The van der Waals surface area contributed by atoms with Gasteiger partial charge in [0.2, 0.25) is 11.8 Å². The summed E-state index contributed by atoms with van der Waals surface area (Å²) < 4.78 is 51.9. The van der Waals surface area contributed by atoms with E-state index in [4.69, 9.17) is 9.47 Å². The molecule has 0 saturated carbocycles. The third-order valence-electron chi connectivity index (χ3n) is 6.23. The van der Waals surface area contributed by atoms with Crippen LogP contribution < -0.4 is 25.2 Å². The van der Waals surface area contributed by atoms with Crippen LogP contribution in [0.5, 0.6) is 11.6 Å². The van der Waals surface area contributed by atoms with E-state index in [0.29, 0.717) is 62.2 Å². The molecule has 0 spiro atoms. The molecule has 2 aliphatic heterocycles. The first-order valence-corrected chi connectivity index (χ1v) is 12.2. The van der Waals surface area contributed by atoms with Gasteiger partial charge in [-0.2, -0.15) is 13.2 Å². The molecular weight excluding hydrogens is 517 g/mol. The maximum Gasteiger partial charge on any atom is 0.416 e. The second kappa shape index (κ2) is 10.8. The number of anilines is 4. The van der Waals surface area contributed by atoms with E-state index in [1.807, 2.05) is 0 Å². The number of ether oxygens (including phenoxy) is 2. The molecule has 1 saturated heterocycles. The summed E-state index contributed by atoms with van der Waals surface area (Å²) in [6, 6.07) is 9.65. The maximum atomic E-state index is 13.6. The predicted molar refractivity (Wildman–Crippen MR) is 137 cm³/mol. The molecule has 2 N–H and O–H groups in total. The van der Waals surface area contributed by atoms with Crippen molar-refractivity contribution in [2.75, 3.05) is 53.3 Å². The number of rotatable bonds is 5. The summed E-state index contributed by atoms with van der Waals surface area (Å²) in [6.45, 7) is 3.47. The lowest BCUT2D eigenvalue weighted by Crippen LogP contribution is -2.36. The molecule has 1 aromatic heterocycles. The number of nitrogens with zero attached hydrogens (tertiary/aromatic N) is 4. The van der Waals surface area contributed by atoms with E-state index in [1.165, 1.54) is 24.2 Å². The molecule has 10 nitrogen and oxygen atoms in total. The van der Waals surface area contributed by atoms with Gasteiger partial charge in [-0.05, 0) is 48.4 Å². The Balaban J connectivity index is 1.32. The monoisotopic (exact) mass is 542 g/mol. The number of nitrogens with one attached hydrogen (secondary N) is 2. The Morgan fingerprint density at radius 2 is 1.79 bits per heavy atom. The number of amides is 3. The number of fused-ring (bicyclic) bond motifs is 1. The molecule has 13 heteroatoms. The van der Waals surface area contributed by atoms with Crippen LogP contribution in [0.15, 0.2) is 48.8 Å². The Kier molecular flexibility index (Phi) is 7.24. The molecule has 0 aliphatic carbocycles. The third-order valence-corrected chi connectivity index (χ3v) is 6.23. The first-order valence-electron chi connectivity index (χ1n) is 12.2. The summed E-state index contributed by atoms with van der Waals surface area (Å²) in [5.41, 5.74) is 1.05. The van der Waals surface area contributed by atoms with Gasteiger partial charge >= 0.3 is 12.2 Å². The lowest BCUT2D eigenvalue weighted by Gasteiger charge is -2.30. The molecule has 0 unspecified atom stereocenters. The number of carbonyl (C=O) groups is 2. The van der Waals surface area contributed by atoms with Gasteiger partial charge in [-0.3, -0.25) is 9.69 Å². The van der Waals surface area contributed by atoms with E-state index < -0.39 is 17.8 Å². The van der Waals surface area contributed by atoms with Gasteiger partial charge in [0.25, 0.3) is 0 Å². The number of urea groups is 1. The van der Waals surface area contributed by atoms with Gasteiger partial charge in [-0.25, -0.2) is 14.8 Å². The van der Waals surface area contributed by atoms with Crippen molar-refractivity contribution in [3.63, 3.8) is 0 Å². The molecule has 2 aliphatic rings. The molecule has 5 rings (SSSR count). The van der Waals surface area contributed by atoms with Crippen LogP contribution in [0.2, 0.25) is 0 Å². The average Bonchev–Trinajstić information content (AvgIpc) is 3.32. The highest BCUT2D eigenvalue weighted by Gasteiger charge is 2.33. The summed E-state index contributed by atoms with van der Waals surface area (Å²) in [5, 5.41) is 5.19. The van der Waals surface area contributed by atoms with Gasteiger partial charge in [-0.1, -0.05) is 0 Å². The Hall–Kier alpha value is -4.39. The topological polar surface area (TPSA) is 109 Å². The number of alkyl halides is 3. The maximum absolute atomic E-state index is 13.6. The fourth-order valence-electron chi connectivity index (χ4n) is 4.46. The van der Waals surface area contributed by atoms with Crippen molar-refractivity contribution in [2.45, 2.75) is 19.5 Å².